The van der Waals surface area contributed by atoms with Gasteiger partial charge in [0.15, 0.2) is 0 Å². The highest BCUT2D eigenvalue weighted by atomic mass is 127. The Morgan fingerprint density at radius 1 is 1.46 bits per heavy atom. The average molecular weight is 353 g/mol. The molecule has 0 heterocycles. The molecule has 1 aromatic carbocycles. The summed E-state index contributed by atoms with van der Waals surface area (Å²) in [6.07, 6.45) is 2.67. The maximum Gasteiger partial charge on any atom is 0.134 e. The van der Waals surface area contributed by atoms with Gasteiger partial charge < -0.3 is 4.74 Å². The van der Waals surface area contributed by atoms with E-state index in [0.717, 1.165) is 22.7 Å². The fourth-order valence-corrected chi connectivity index (χ4v) is 1.90. The zero-order valence-electron chi connectivity index (χ0n) is 7.09. The molecular weight excluding hydrogens is 343 g/mol. The predicted octanol–water partition coefficient (Wildman–Crippen LogP) is 3.84. The van der Waals surface area contributed by atoms with Gasteiger partial charge in [-0.05, 0) is 75.5 Å². The fourth-order valence-electron chi connectivity index (χ4n) is 1.08. The monoisotopic (exact) mass is 352 g/mol. The topological polar surface area (TPSA) is 9.23 Å². The summed E-state index contributed by atoms with van der Waals surface area (Å²) in [6.45, 7) is 0.874. The highest BCUT2D eigenvalue weighted by molar-refractivity contribution is 14.1. The molecule has 0 aromatic heterocycles. The Bertz CT molecular complexity index is 310. The van der Waals surface area contributed by atoms with Crippen molar-refractivity contribution in [3.05, 3.63) is 26.2 Å². The minimum atomic E-state index is 0.810. The predicted molar refractivity (Wildman–Crippen MR) is 65.1 cm³/mol. The van der Waals surface area contributed by atoms with Gasteiger partial charge in [-0.15, -0.1) is 0 Å². The number of benzene rings is 1. The summed E-state index contributed by atoms with van der Waals surface area (Å²) in [5, 5.41) is 0. The van der Waals surface area contributed by atoms with Gasteiger partial charge in [0.1, 0.15) is 5.75 Å². The van der Waals surface area contributed by atoms with Crippen LogP contribution in [0.4, 0.5) is 0 Å². The van der Waals surface area contributed by atoms with Crippen molar-refractivity contribution >= 4 is 38.5 Å². The lowest BCUT2D eigenvalue weighted by Gasteiger charge is -2.07. The number of rotatable bonds is 3. The first kappa shape index (κ1) is 9.77. The Morgan fingerprint density at radius 3 is 2.92 bits per heavy atom. The lowest BCUT2D eigenvalue weighted by atomic mass is 10.3. The van der Waals surface area contributed by atoms with E-state index in [9.17, 15) is 0 Å². The number of halogens is 2. The summed E-state index contributed by atoms with van der Waals surface area (Å²) >= 11 is 5.77. The van der Waals surface area contributed by atoms with Crippen molar-refractivity contribution in [2.75, 3.05) is 6.61 Å². The minimum absolute atomic E-state index is 0.810. The van der Waals surface area contributed by atoms with Crippen LogP contribution in [0.25, 0.3) is 0 Å². The van der Waals surface area contributed by atoms with Crippen molar-refractivity contribution in [2.24, 2.45) is 5.92 Å². The Morgan fingerprint density at radius 2 is 2.23 bits per heavy atom. The second-order valence-electron chi connectivity index (χ2n) is 3.33. The second-order valence-corrected chi connectivity index (χ2v) is 5.43. The molecule has 70 valence electrons. The number of hydrogen-bond acceptors (Lipinski definition) is 1. The molecule has 0 atom stereocenters. The van der Waals surface area contributed by atoms with Crippen molar-refractivity contribution in [1.82, 2.24) is 0 Å². The fraction of sp³-hybridized carbons (Fsp3) is 0.400. The number of hydrogen-bond donors (Lipinski definition) is 0. The molecular formula is C10H10BrIO. The van der Waals surface area contributed by atoms with Crippen LogP contribution in [-0.4, -0.2) is 6.61 Å². The smallest absolute Gasteiger partial charge is 0.134 e. The second kappa shape index (κ2) is 4.17. The third-order valence-corrected chi connectivity index (χ3v) is 3.39. The third kappa shape index (κ3) is 2.84. The first-order valence-electron chi connectivity index (χ1n) is 4.33. The van der Waals surface area contributed by atoms with Crippen molar-refractivity contribution in [2.45, 2.75) is 12.8 Å². The van der Waals surface area contributed by atoms with Crippen molar-refractivity contribution < 1.29 is 4.74 Å². The van der Waals surface area contributed by atoms with Crippen LogP contribution in [0.2, 0.25) is 0 Å². The highest BCUT2D eigenvalue weighted by Crippen LogP contribution is 2.32. The van der Waals surface area contributed by atoms with Crippen LogP contribution in [0.15, 0.2) is 22.7 Å². The lowest BCUT2D eigenvalue weighted by molar-refractivity contribution is 0.298. The van der Waals surface area contributed by atoms with Crippen LogP contribution < -0.4 is 4.74 Å². The van der Waals surface area contributed by atoms with E-state index in [2.05, 4.69) is 50.7 Å². The highest BCUT2D eigenvalue weighted by Gasteiger charge is 2.22. The van der Waals surface area contributed by atoms with Crippen LogP contribution in [-0.2, 0) is 0 Å². The summed E-state index contributed by atoms with van der Waals surface area (Å²) in [5.74, 6) is 1.78. The molecule has 0 radical (unpaired) electrons. The molecule has 2 rings (SSSR count). The van der Waals surface area contributed by atoms with Crippen LogP contribution in [0.5, 0.6) is 5.75 Å². The molecule has 0 bridgehead atoms. The average Bonchev–Trinajstić information content (AvgIpc) is 2.90. The maximum absolute atomic E-state index is 5.69. The lowest BCUT2D eigenvalue weighted by Crippen LogP contribution is -1.99. The molecule has 1 aliphatic carbocycles. The van der Waals surface area contributed by atoms with E-state index in [1.807, 2.05) is 6.07 Å². The normalized spacial score (nSPS) is 15.8. The molecule has 1 nitrogen and oxygen atoms in total. The van der Waals surface area contributed by atoms with Gasteiger partial charge in [0.25, 0.3) is 0 Å². The molecule has 0 unspecified atom stereocenters. The van der Waals surface area contributed by atoms with Crippen LogP contribution in [0.1, 0.15) is 12.8 Å². The van der Waals surface area contributed by atoms with Gasteiger partial charge >= 0.3 is 0 Å². The van der Waals surface area contributed by atoms with E-state index in [1.54, 1.807) is 0 Å². The first-order chi connectivity index (χ1) is 6.25. The summed E-state index contributed by atoms with van der Waals surface area (Å²) in [5.41, 5.74) is 0. The molecule has 3 heteroatoms. The molecule has 1 aromatic rings. The zero-order chi connectivity index (χ0) is 9.26. The largest absolute Gasteiger partial charge is 0.492 e. The molecule has 1 fully saturated rings. The molecule has 0 amide bonds. The molecule has 0 spiro atoms. The van der Waals surface area contributed by atoms with Crippen LogP contribution >= 0.6 is 38.5 Å². The van der Waals surface area contributed by atoms with Gasteiger partial charge in [-0.25, -0.2) is 0 Å². The van der Waals surface area contributed by atoms with Crippen molar-refractivity contribution in [3.8, 4) is 5.75 Å². The Hall–Kier alpha value is 0.230. The van der Waals surface area contributed by atoms with E-state index in [1.165, 1.54) is 16.4 Å². The zero-order valence-corrected chi connectivity index (χ0v) is 10.8. The van der Waals surface area contributed by atoms with Gasteiger partial charge in [-0.1, -0.05) is 0 Å². The molecule has 1 saturated carbocycles. The van der Waals surface area contributed by atoms with Gasteiger partial charge in [0.05, 0.1) is 11.1 Å². The Kier molecular flexibility index (Phi) is 3.14. The van der Waals surface area contributed by atoms with E-state index in [0.29, 0.717) is 0 Å². The molecule has 13 heavy (non-hydrogen) atoms. The van der Waals surface area contributed by atoms with E-state index in [-0.39, 0.29) is 0 Å². The standard InChI is InChI=1S/C10H10BrIO/c11-9-4-3-8(12)5-10(9)13-6-7-1-2-7/h3-5,7H,1-2,6H2. The Balaban J connectivity index is 2.03. The van der Waals surface area contributed by atoms with E-state index < -0.39 is 0 Å². The summed E-state index contributed by atoms with van der Waals surface area (Å²) in [6, 6.07) is 6.16. The Labute approximate surface area is 100 Å². The molecule has 0 aliphatic heterocycles. The van der Waals surface area contributed by atoms with E-state index in [4.69, 9.17) is 4.74 Å². The van der Waals surface area contributed by atoms with E-state index >= 15 is 0 Å². The van der Waals surface area contributed by atoms with Gasteiger partial charge in [-0.2, -0.15) is 0 Å². The quantitative estimate of drug-likeness (QED) is 0.751. The van der Waals surface area contributed by atoms with Crippen LogP contribution in [0, 0.1) is 9.49 Å². The number of ether oxygens (including phenoxy) is 1. The first-order valence-corrected chi connectivity index (χ1v) is 6.21. The van der Waals surface area contributed by atoms with Crippen molar-refractivity contribution in [3.63, 3.8) is 0 Å². The SMILES string of the molecule is Brc1ccc(I)cc1OCC1CC1. The summed E-state index contributed by atoms with van der Waals surface area (Å²) in [7, 11) is 0. The van der Waals surface area contributed by atoms with Crippen molar-refractivity contribution in [1.29, 1.82) is 0 Å². The third-order valence-electron chi connectivity index (χ3n) is 2.06. The van der Waals surface area contributed by atoms with Crippen LogP contribution in [0.3, 0.4) is 0 Å². The van der Waals surface area contributed by atoms with Gasteiger partial charge in [-0.3, -0.25) is 0 Å². The maximum atomic E-state index is 5.69. The molecule has 0 saturated heterocycles. The minimum Gasteiger partial charge on any atom is -0.492 e. The molecule has 0 N–H and O–H groups in total. The summed E-state index contributed by atoms with van der Waals surface area (Å²) in [4.78, 5) is 0. The van der Waals surface area contributed by atoms with Gasteiger partial charge in [0, 0.05) is 3.57 Å². The van der Waals surface area contributed by atoms with Gasteiger partial charge in [0.2, 0.25) is 0 Å². The summed E-state index contributed by atoms with van der Waals surface area (Å²) < 4.78 is 7.95. The molecule has 1 aliphatic rings.